The largest absolute Gasteiger partial charge is 0.317 e. The van der Waals surface area contributed by atoms with Crippen molar-refractivity contribution in [2.45, 2.75) is 103 Å². The van der Waals surface area contributed by atoms with E-state index in [9.17, 15) is 5.11 Å². The van der Waals surface area contributed by atoms with Crippen LogP contribution in [0, 0.1) is 0 Å². The molecule has 0 saturated carbocycles. The van der Waals surface area contributed by atoms with E-state index >= 15 is 0 Å². The Morgan fingerprint density at radius 2 is 1.09 bits per heavy atom. The van der Waals surface area contributed by atoms with Gasteiger partial charge < -0.3 is 5.32 Å². The third kappa shape index (κ3) is 21.7. The lowest BCUT2D eigenvalue weighted by atomic mass is 10.1. The number of hydrogen-bond acceptors (Lipinski definition) is 1. The van der Waals surface area contributed by atoms with Gasteiger partial charge in [-0.05, 0) is 51.6 Å². The maximum absolute atomic E-state index is 10.3. The first-order valence-corrected chi connectivity index (χ1v) is 10.4. The summed E-state index contributed by atoms with van der Waals surface area (Å²) in [5.74, 6) is 0. The molecule has 0 aliphatic heterocycles. The fourth-order valence-electron chi connectivity index (χ4n) is 2.82. The lowest BCUT2D eigenvalue weighted by Crippen LogP contribution is -2.17. The predicted molar refractivity (Wildman–Crippen MR) is 102 cm³/mol. The molecule has 0 unspecified atom stereocenters. The zero-order valence-electron chi connectivity index (χ0n) is 15.8. The van der Waals surface area contributed by atoms with E-state index in [0.717, 1.165) is 19.5 Å². The molecule has 2 nitrogen and oxygen atoms in total. The van der Waals surface area contributed by atoms with Gasteiger partial charge in [0.1, 0.15) is 0 Å². The van der Waals surface area contributed by atoms with Crippen molar-refractivity contribution in [2.75, 3.05) is 19.7 Å². The van der Waals surface area contributed by atoms with E-state index in [1.54, 1.807) is 0 Å². The fourth-order valence-corrected chi connectivity index (χ4v) is 2.82. The molecule has 0 rings (SSSR count). The van der Waals surface area contributed by atoms with Gasteiger partial charge in [0.25, 0.3) is 0 Å². The summed E-state index contributed by atoms with van der Waals surface area (Å²) in [6.07, 6.45) is 24.6. The minimum absolute atomic E-state index is 0.0560. The third-order valence-corrected chi connectivity index (χ3v) is 4.36. The maximum atomic E-state index is 10.3. The number of nitrogens with one attached hydrogen (secondary N) is 1. The van der Waals surface area contributed by atoms with Crippen molar-refractivity contribution in [1.82, 2.24) is 5.32 Å². The summed E-state index contributed by atoms with van der Waals surface area (Å²) >= 11 is 0. The minimum Gasteiger partial charge on any atom is -0.317 e. The highest BCUT2D eigenvalue weighted by atomic mass is 16.3. The molecule has 0 aromatic rings. The third-order valence-electron chi connectivity index (χ3n) is 4.36. The van der Waals surface area contributed by atoms with Crippen LogP contribution in [-0.2, 0) is 5.11 Å². The quantitative estimate of drug-likeness (QED) is 0.215. The fraction of sp³-hybridized carbons (Fsp3) is 0.905. The van der Waals surface area contributed by atoms with Crippen molar-refractivity contribution in [1.29, 1.82) is 0 Å². The summed E-state index contributed by atoms with van der Waals surface area (Å²) in [5.41, 5.74) is 0. The molecule has 0 amide bonds. The Hall–Kier alpha value is -0.340. The standard InChI is InChI=1S/C21H42NO/c1-2-3-4-5-6-7-8-9-10-11-12-13-14-15-16-17-19-22-20-18-21-23/h9-10,22H,2-8,11-21H2,1H3/b10-9-. The highest BCUT2D eigenvalue weighted by Gasteiger charge is 1.92. The van der Waals surface area contributed by atoms with Crippen LogP contribution in [0.1, 0.15) is 103 Å². The molecule has 0 bridgehead atoms. The number of unbranched alkanes of at least 4 members (excludes halogenated alkanes) is 12. The smallest absolute Gasteiger partial charge is 0.0834 e. The highest BCUT2D eigenvalue weighted by Crippen LogP contribution is 2.09. The number of hydrogen-bond donors (Lipinski definition) is 1. The molecule has 0 heterocycles. The van der Waals surface area contributed by atoms with Gasteiger partial charge in [0, 0.05) is 0 Å². The predicted octanol–water partition coefficient (Wildman–Crippen LogP) is 6.43. The molecule has 0 spiro atoms. The van der Waals surface area contributed by atoms with Gasteiger partial charge in [-0.1, -0.05) is 76.9 Å². The molecule has 2 heteroatoms. The van der Waals surface area contributed by atoms with Gasteiger partial charge in [-0.15, -0.1) is 0 Å². The average Bonchev–Trinajstić information content (AvgIpc) is 2.57. The summed E-state index contributed by atoms with van der Waals surface area (Å²) in [6.45, 7) is 4.31. The van der Waals surface area contributed by atoms with Gasteiger partial charge >= 0.3 is 0 Å². The van der Waals surface area contributed by atoms with Crippen LogP contribution in [0.3, 0.4) is 0 Å². The monoisotopic (exact) mass is 324 g/mol. The van der Waals surface area contributed by atoms with Crippen LogP contribution in [0.4, 0.5) is 0 Å². The van der Waals surface area contributed by atoms with Gasteiger partial charge in [0.05, 0.1) is 6.61 Å². The zero-order chi connectivity index (χ0) is 16.8. The van der Waals surface area contributed by atoms with Crippen molar-refractivity contribution in [3.63, 3.8) is 0 Å². The molecule has 0 aliphatic carbocycles. The van der Waals surface area contributed by atoms with Crippen molar-refractivity contribution in [2.24, 2.45) is 0 Å². The van der Waals surface area contributed by atoms with E-state index in [2.05, 4.69) is 24.4 Å². The lowest BCUT2D eigenvalue weighted by molar-refractivity contribution is 0.188. The first kappa shape index (κ1) is 22.7. The summed E-state index contributed by atoms with van der Waals surface area (Å²) in [5, 5.41) is 13.6. The minimum atomic E-state index is 0.0560. The summed E-state index contributed by atoms with van der Waals surface area (Å²) in [7, 11) is 0. The summed E-state index contributed by atoms with van der Waals surface area (Å²) in [6, 6.07) is 0. The van der Waals surface area contributed by atoms with Crippen molar-refractivity contribution < 1.29 is 5.11 Å². The first-order chi connectivity index (χ1) is 11.4. The Morgan fingerprint density at radius 3 is 1.65 bits per heavy atom. The number of allylic oxidation sites excluding steroid dienone is 2. The molecule has 0 saturated heterocycles. The summed E-state index contributed by atoms with van der Waals surface area (Å²) in [4.78, 5) is 0. The highest BCUT2D eigenvalue weighted by molar-refractivity contribution is 4.81. The molecule has 137 valence electrons. The Balaban J connectivity index is 3.02. The van der Waals surface area contributed by atoms with Gasteiger partial charge in [0.2, 0.25) is 0 Å². The average molecular weight is 325 g/mol. The molecule has 0 aromatic carbocycles. The van der Waals surface area contributed by atoms with Crippen LogP contribution < -0.4 is 5.32 Å². The molecule has 1 radical (unpaired) electrons. The molecular formula is C21H42NO. The van der Waals surface area contributed by atoms with E-state index < -0.39 is 0 Å². The van der Waals surface area contributed by atoms with Crippen LogP contribution >= 0.6 is 0 Å². The molecule has 0 fully saturated rings. The van der Waals surface area contributed by atoms with Crippen LogP contribution in [0.5, 0.6) is 0 Å². The molecule has 23 heavy (non-hydrogen) atoms. The van der Waals surface area contributed by atoms with E-state index in [4.69, 9.17) is 0 Å². The van der Waals surface area contributed by atoms with Gasteiger partial charge in [0.15, 0.2) is 0 Å². The summed E-state index contributed by atoms with van der Waals surface area (Å²) < 4.78 is 0. The first-order valence-electron chi connectivity index (χ1n) is 10.4. The molecule has 1 N–H and O–H groups in total. The Bertz CT molecular complexity index is 228. The van der Waals surface area contributed by atoms with Gasteiger partial charge in [-0.2, -0.15) is 0 Å². The topological polar surface area (TPSA) is 31.9 Å². The van der Waals surface area contributed by atoms with Gasteiger partial charge in [-0.25, -0.2) is 5.11 Å². The Morgan fingerprint density at radius 1 is 0.609 bits per heavy atom. The van der Waals surface area contributed by atoms with Crippen molar-refractivity contribution in [3.8, 4) is 0 Å². The number of rotatable bonds is 19. The maximum Gasteiger partial charge on any atom is 0.0834 e. The second-order valence-corrected chi connectivity index (χ2v) is 6.75. The molecule has 0 atom stereocenters. The van der Waals surface area contributed by atoms with Crippen LogP contribution in [0.15, 0.2) is 12.2 Å². The van der Waals surface area contributed by atoms with E-state index in [-0.39, 0.29) is 6.61 Å². The molecular weight excluding hydrogens is 282 g/mol. The van der Waals surface area contributed by atoms with Crippen LogP contribution in [0.25, 0.3) is 0 Å². The molecule has 0 aromatic heterocycles. The zero-order valence-corrected chi connectivity index (χ0v) is 15.8. The molecule has 0 aliphatic rings. The van der Waals surface area contributed by atoms with E-state index in [0.29, 0.717) is 0 Å². The SMILES string of the molecule is CCCCCCCC/C=C\CCCCCCCCNCCC[O]. The van der Waals surface area contributed by atoms with E-state index in [1.165, 1.54) is 89.9 Å². The lowest BCUT2D eigenvalue weighted by Gasteiger charge is -2.03. The Kier molecular flexibility index (Phi) is 21.3. The van der Waals surface area contributed by atoms with Crippen molar-refractivity contribution >= 4 is 0 Å². The second-order valence-electron chi connectivity index (χ2n) is 6.75. The van der Waals surface area contributed by atoms with Crippen LogP contribution in [0.2, 0.25) is 0 Å². The van der Waals surface area contributed by atoms with Crippen LogP contribution in [-0.4, -0.2) is 19.7 Å². The van der Waals surface area contributed by atoms with Gasteiger partial charge in [-0.3, -0.25) is 0 Å². The van der Waals surface area contributed by atoms with E-state index in [1.807, 2.05) is 0 Å². The van der Waals surface area contributed by atoms with Crippen molar-refractivity contribution in [3.05, 3.63) is 12.2 Å². The second kappa shape index (κ2) is 21.7. The normalized spacial score (nSPS) is 11.6. The Labute approximate surface area is 146 Å².